The zero-order valence-corrected chi connectivity index (χ0v) is 15.2. The highest BCUT2D eigenvalue weighted by Gasteiger charge is 2.25. The third kappa shape index (κ3) is 5.33. The number of nitrogens with zero attached hydrogens (tertiary/aromatic N) is 2. The molecule has 0 aliphatic carbocycles. The van der Waals surface area contributed by atoms with Crippen molar-refractivity contribution in [2.45, 2.75) is 30.8 Å². The number of rotatable bonds is 7. The smallest absolute Gasteiger partial charge is 0.0543 e. The van der Waals surface area contributed by atoms with E-state index in [-0.39, 0.29) is 0 Å². The maximum atomic E-state index is 4.45. The molecule has 1 aromatic carbocycles. The van der Waals surface area contributed by atoms with Crippen LogP contribution < -0.4 is 5.32 Å². The molecule has 2 atom stereocenters. The lowest BCUT2D eigenvalue weighted by Crippen LogP contribution is -2.48. The predicted octanol–water partition coefficient (Wildman–Crippen LogP) is 3.67. The summed E-state index contributed by atoms with van der Waals surface area (Å²) in [6.07, 6.45) is 3.11. The third-order valence-electron chi connectivity index (χ3n) is 4.62. The molecule has 1 aliphatic rings. The Morgan fingerprint density at radius 3 is 2.75 bits per heavy atom. The Bertz CT molecular complexity index is 588. The first-order valence-electron chi connectivity index (χ1n) is 8.85. The van der Waals surface area contributed by atoms with Gasteiger partial charge in [0.15, 0.2) is 0 Å². The van der Waals surface area contributed by atoms with Gasteiger partial charge in [-0.1, -0.05) is 31.2 Å². The van der Waals surface area contributed by atoms with Crippen molar-refractivity contribution in [3.63, 3.8) is 0 Å². The number of nitrogens with one attached hydrogen (secondary N) is 1. The van der Waals surface area contributed by atoms with Crippen molar-refractivity contribution in [1.29, 1.82) is 0 Å². The molecule has 1 saturated heterocycles. The largest absolute Gasteiger partial charge is 0.313 e. The molecule has 2 aromatic rings. The van der Waals surface area contributed by atoms with Gasteiger partial charge in [0.1, 0.15) is 0 Å². The molecule has 4 heteroatoms. The van der Waals surface area contributed by atoms with Crippen molar-refractivity contribution in [2.75, 3.05) is 25.4 Å². The van der Waals surface area contributed by atoms with E-state index in [1.165, 1.54) is 17.0 Å². The van der Waals surface area contributed by atoms with E-state index in [9.17, 15) is 0 Å². The maximum absolute atomic E-state index is 4.45. The van der Waals surface area contributed by atoms with Crippen LogP contribution in [0.5, 0.6) is 0 Å². The van der Waals surface area contributed by atoms with Crippen molar-refractivity contribution in [1.82, 2.24) is 15.2 Å². The number of hydrogen-bond donors (Lipinski definition) is 1. The Labute approximate surface area is 149 Å². The molecule has 3 nitrogen and oxygen atoms in total. The fourth-order valence-corrected chi connectivity index (χ4v) is 4.13. The van der Waals surface area contributed by atoms with Gasteiger partial charge in [-0.3, -0.25) is 9.88 Å². The van der Waals surface area contributed by atoms with Crippen LogP contribution in [-0.2, 0) is 6.54 Å². The van der Waals surface area contributed by atoms with Crippen LogP contribution in [0.2, 0.25) is 0 Å². The van der Waals surface area contributed by atoms with Gasteiger partial charge in [0.2, 0.25) is 0 Å². The molecular formula is C20H27N3S. The molecule has 24 heavy (non-hydrogen) atoms. The Morgan fingerprint density at radius 1 is 1.17 bits per heavy atom. The van der Waals surface area contributed by atoms with E-state index in [1.807, 2.05) is 24.0 Å². The first-order chi connectivity index (χ1) is 11.8. The summed E-state index contributed by atoms with van der Waals surface area (Å²) < 4.78 is 0. The minimum atomic E-state index is 0.640. The van der Waals surface area contributed by atoms with Crippen LogP contribution in [-0.4, -0.2) is 41.3 Å². The molecule has 0 saturated carbocycles. The second kappa shape index (κ2) is 9.21. The molecule has 2 heterocycles. The summed E-state index contributed by atoms with van der Waals surface area (Å²) in [6.45, 7) is 6.73. The van der Waals surface area contributed by atoms with E-state index >= 15 is 0 Å². The molecule has 0 unspecified atom stereocenters. The summed E-state index contributed by atoms with van der Waals surface area (Å²) in [7, 11) is 0. The van der Waals surface area contributed by atoms with Gasteiger partial charge in [-0.15, -0.1) is 11.8 Å². The molecule has 1 fully saturated rings. The highest BCUT2D eigenvalue weighted by molar-refractivity contribution is 7.99. The van der Waals surface area contributed by atoms with E-state index in [0.717, 1.165) is 31.9 Å². The van der Waals surface area contributed by atoms with Gasteiger partial charge in [0.25, 0.3) is 0 Å². The normalized spacial score (nSPS) is 21.7. The lowest BCUT2D eigenvalue weighted by molar-refractivity contribution is 0.141. The lowest BCUT2D eigenvalue weighted by atomic mass is 9.93. The number of hydrogen-bond acceptors (Lipinski definition) is 4. The van der Waals surface area contributed by atoms with Crippen molar-refractivity contribution < 1.29 is 0 Å². The van der Waals surface area contributed by atoms with Crippen LogP contribution in [0, 0.1) is 5.92 Å². The Balaban J connectivity index is 1.36. The highest BCUT2D eigenvalue weighted by atomic mass is 32.2. The number of likely N-dealkylation sites (tertiary alicyclic amines) is 1. The summed E-state index contributed by atoms with van der Waals surface area (Å²) >= 11 is 1.93. The van der Waals surface area contributed by atoms with E-state index < -0.39 is 0 Å². The summed E-state index contributed by atoms with van der Waals surface area (Å²) in [4.78, 5) is 8.34. The van der Waals surface area contributed by atoms with E-state index in [1.54, 1.807) is 0 Å². The number of benzene rings is 1. The van der Waals surface area contributed by atoms with Crippen LogP contribution in [0.3, 0.4) is 0 Å². The topological polar surface area (TPSA) is 28.2 Å². The van der Waals surface area contributed by atoms with Gasteiger partial charge >= 0.3 is 0 Å². The van der Waals surface area contributed by atoms with Gasteiger partial charge in [-0.05, 0) is 36.6 Å². The summed E-state index contributed by atoms with van der Waals surface area (Å²) in [5, 5.41) is 3.76. The zero-order chi connectivity index (χ0) is 16.6. The first-order valence-corrected chi connectivity index (χ1v) is 9.83. The fourth-order valence-electron chi connectivity index (χ4n) is 3.33. The van der Waals surface area contributed by atoms with Crippen LogP contribution in [0.15, 0.2) is 59.6 Å². The molecule has 0 spiro atoms. The summed E-state index contributed by atoms with van der Waals surface area (Å²) in [6, 6.07) is 17.5. The molecule has 0 amide bonds. The zero-order valence-electron chi connectivity index (χ0n) is 14.4. The fraction of sp³-hybridized carbons (Fsp3) is 0.450. The second-order valence-electron chi connectivity index (χ2n) is 6.54. The lowest BCUT2D eigenvalue weighted by Gasteiger charge is -2.37. The van der Waals surface area contributed by atoms with Crippen LogP contribution >= 0.6 is 11.8 Å². The molecule has 1 aromatic heterocycles. The molecule has 0 radical (unpaired) electrons. The summed E-state index contributed by atoms with van der Waals surface area (Å²) in [5.41, 5.74) is 1.18. The molecule has 1 N–H and O–H groups in total. The Morgan fingerprint density at radius 2 is 2.00 bits per heavy atom. The molecule has 1 aliphatic heterocycles. The van der Waals surface area contributed by atoms with Gasteiger partial charge in [0, 0.05) is 49.1 Å². The van der Waals surface area contributed by atoms with Crippen LogP contribution in [0.4, 0.5) is 0 Å². The maximum Gasteiger partial charge on any atom is 0.0543 e. The van der Waals surface area contributed by atoms with Crippen molar-refractivity contribution in [3.8, 4) is 0 Å². The van der Waals surface area contributed by atoms with Crippen LogP contribution in [0.25, 0.3) is 0 Å². The van der Waals surface area contributed by atoms with Crippen molar-refractivity contribution in [2.24, 2.45) is 5.92 Å². The minimum absolute atomic E-state index is 0.640. The van der Waals surface area contributed by atoms with Gasteiger partial charge < -0.3 is 5.32 Å². The average Bonchev–Trinajstić information content (AvgIpc) is 2.62. The quantitative estimate of drug-likeness (QED) is 0.614. The highest BCUT2D eigenvalue weighted by Crippen LogP contribution is 2.19. The van der Waals surface area contributed by atoms with Gasteiger partial charge in [0.05, 0.1) is 5.69 Å². The Kier molecular flexibility index (Phi) is 6.70. The summed E-state index contributed by atoms with van der Waals surface area (Å²) in [5.74, 6) is 1.81. The van der Waals surface area contributed by atoms with Gasteiger partial charge in [-0.2, -0.15) is 0 Å². The first kappa shape index (κ1) is 17.5. The predicted molar refractivity (Wildman–Crippen MR) is 102 cm³/mol. The standard InChI is InChI=1S/C20H27N3S/c1-17-15-23(16-18-7-5-6-11-21-18)13-10-20(17)22-12-14-24-19-8-3-2-4-9-19/h2-9,11,17,20,22H,10,12-16H2,1H3/t17-,20+/m0/s1. The van der Waals surface area contributed by atoms with E-state index in [4.69, 9.17) is 0 Å². The monoisotopic (exact) mass is 341 g/mol. The average molecular weight is 342 g/mol. The van der Waals surface area contributed by atoms with Gasteiger partial charge in [-0.25, -0.2) is 0 Å². The number of aromatic nitrogens is 1. The Hall–Kier alpha value is -1.36. The number of piperidine rings is 1. The van der Waals surface area contributed by atoms with E-state index in [0.29, 0.717) is 12.0 Å². The van der Waals surface area contributed by atoms with E-state index in [2.05, 4.69) is 64.6 Å². The molecular weight excluding hydrogens is 314 g/mol. The van der Waals surface area contributed by atoms with Crippen LogP contribution in [0.1, 0.15) is 19.0 Å². The SMILES string of the molecule is C[C@H]1CN(Cc2ccccn2)CC[C@H]1NCCSc1ccccc1. The third-order valence-corrected chi connectivity index (χ3v) is 5.64. The molecule has 0 bridgehead atoms. The van der Waals surface area contributed by atoms with Crippen molar-refractivity contribution in [3.05, 3.63) is 60.4 Å². The molecule has 128 valence electrons. The second-order valence-corrected chi connectivity index (χ2v) is 7.71. The minimum Gasteiger partial charge on any atom is -0.313 e. The van der Waals surface area contributed by atoms with Crippen molar-refractivity contribution >= 4 is 11.8 Å². The number of pyridine rings is 1. The molecule has 3 rings (SSSR count). The number of thioether (sulfide) groups is 1.